The number of hydrogen-bond acceptors (Lipinski definition) is 2. The van der Waals surface area contributed by atoms with Crippen molar-refractivity contribution in [3.05, 3.63) is 39.0 Å². The largest absolute Gasteiger partial charge is 0.322 e. The van der Waals surface area contributed by atoms with Gasteiger partial charge in [-0.2, -0.15) is 0 Å². The number of aryl methyl sites for hydroxylation is 2. The highest BCUT2D eigenvalue weighted by Gasteiger charge is 2.43. The molecule has 2 rings (SSSR count). The second-order valence-corrected chi connectivity index (χ2v) is 8.84. The zero-order valence-electron chi connectivity index (χ0n) is 17.2. The molecule has 0 saturated heterocycles. The number of alkyl halides is 1. The number of allylic oxidation sites excluding steroid dienone is 1. The van der Waals surface area contributed by atoms with Crippen LogP contribution in [0.15, 0.2) is 32.9 Å². The Hall–Kier alpha value is -1.13. The Morgan fingerprint density at radius 3 is 2.26 bits per heavy atom. The van der Waals surface area contributed by atoms with Crippen molar-refractivity contribution in [2.45, 2.75) is 72.6 Å². The van der Waals surface area contributed by atoms with E-state index in [1.807, 2.05) is 13.8 Å². The van der Waals surface area contributed by atoms with Gasteiger partial charge in [-0.25, -0.2) is 0 Å². The molecule has 0 bridgehead atoms. The molecular formula is C22H30BrClN2O. The number of nitrogens with zero attached hydrogens (tertiary/aromatic N) is 1. The Kier molecular flexibility index (Phi) is 7.32. The second-order valence-electron chi connectivity index (χ2n) is 7.49. The molecule has 0 radical (unpaired) electrons. The lowest BCUT2D eigenvalue weighted by atomic mass is 9.73. The van der Waals surface area contributed by atoms with Crippen molar-refractivity contribution in [2.75, 3.05) is 5.32 Å². The molecule has 1 aliphatic heterocycles. The van der Waals surface area contributed by atoms with Crippen LogP contribution < -0.4 is 5.32 Å². The van der Waals surface area contributed by atoms with Crippen molar-refractivity contribution >= 4 is 44.8 Å². The minimum Gasteiger partial charge on any atom is -0.322 e. The normalized spacial score (nSPS) is 22.7. The van der Waals surface area contributed by atoms with Gasteiger partial charge in [0.1, 0.15) is 0 Å². The molecule has 2 unspecified atom stereocenters. The van der Waals surface area contributed by atoms with Crippen LogP contribution in [-0.4, -0.2) is 17.0 Å². The zero-order valence-corrected chi connectivity index (χ0v) is 19.5. The molecule has 1 heterocycles. The molecule has 1 aromatic rings. The highest BCUT2D eigenvalue weighted by atomic mass is 79.9. The van der Waals surface area contributed by atoms with Crippen LogP contribution in [-0.2, 0) is 17.6 Å². The molecule has 2 atom stereocenters. The highest BCUT2D eigenvalue weighted by Crippen LogP contribution is 2.42. The lowest BCUT2D eigenvalue weighted by Gasteiger charge is -2.38. The molecule has 1 aliphatic rings. The maximum Gasteiger partial charge on any atom is 0.254 e. The lowest BCUT2D eigenvalue weighted by Crippen LogP contribution is -2.42. The summed E-state index contributed by atoms with van der Waals surface area (Å²) < 4.78 is 1.04. The molecule has 0 saturated carbocycles. The topological polar surface area (TPSA) is 41.5 Å². The molecule has 0 fully saturated rings. The predicted molar refractivity (Wildman–Crippen MR) is 120 cm³/mol. The number of carbonyl (C=O) groups excluding carboxylic acids is 1. The van der Waals surface area contributed by atoms with Gasteiger partial charge < -0.3 is 5.32 Å². The average molecular weight is 454 g/mol. The summed E-state index contributed by atoms with van der Waals surface area (Å²) in [6, 6.07) is 4.14. The number of amides is 1. The first kappa shape index (κ1) is 22.2. The van der Waals surface area contributed by atoms with Gasteiger partial charge >= 0.3 is 0 Å². The molecule has 27 heavy (non-hydrogen) atoms. The number of hydrogen-bond donors (Lipinski definition) is 1. The Bertz CT molecular complexity index is 774. The van der Waals surface area contributed by atoms with Gasteiger partial charge in [0.15, 0.2) is 0 Å². The van der Waals surface area contributed by atoms with Gasteiger partial charge in [-0.3, -0.25) is 9.79 Å². The zero-order chi connectivity index (χ0) is 20.4. The van der Waals surface area contributed by atoms with Crippen molar-refractivity contribution in [1.29, 1.82) is 0 Å². The van der Waals surface area contributed by atoms with E-state index in [1.54, 1.807) is 0 Å². The van der Waals surface area contributed by atoms with Gasteiger partial charge in [0.2, 0.25) is 0 Å². The summed E-state index contributed by atoms with van der Waals surface area (Å²) in [5, 5.41) is 2.77. The summed E-state index contributed by atoms with van der Waals surface area (Å²) in [5.74, 6) is -0.141. The Labute approximate surface area is 176 Å². The summed E-state index contributed by atoms with van der Waals surface area (Å²) in [4.78, 5) is 18.0. The highest BCUT2D eigenvalue weighted by molar-refractivity contribution is 9.10. The summed E-state index contributed by atoms with van der Waals surface area (Å²) in [6.07, 6.45) is 3.58. The van der Waals surface area contributed by atoms with Gasteiger partial charge in [0, 0.05) is 27.0 Å². The van der Waals surface area contributed by atoms with Gasteiger partial charge in [-0.1, -0.05) is 50.0 Å². The van der Waals surface area contributed by atoms with E-state index >= 15 is 0 Å². The standard InChI is InChI=1S/C22H30BrClN2O/c1-7-10-22(6)14(5)25-13(4)18(20(22)24)21(27)26-19-15(8-2)11-17(23)12-16(19)9-3/h11-12,20H,7-10H2,1-6H3,(H,26,27). The van der Waals surface area contributed by atoms with Crippen LogP contribution in [0.2, 0.25) is 0 Å². The fourth-order valence-corrected chi connectivity index (χ4v) is 4.93. The van der Waals surface area contributed by atoms with E-state index in [1.165, 1.54) is 0 Å². The van der Waals surface area contributed by atoms with Crippen LogP contribution in [0.5, 0.6) is 0 Å². The number of anilines is 1. The van der Waals surface area contributed by atoms with Crippen molar-refractivity contribution in [1.82, 2.24) is 0 Å². The first-order chi connectivity index (χ1) is 12.7. The first-order valence-corrected chi connectivity index (χ1v) is 11.0. The fraction of sp³-hybridized carbons (Fsp3) is 0.545. The maximum atomic E-state index is 13.3. The number of halogens is 2. The third-order valence-corrected chi connectivity index (χ3v) is 6.80. The SMILES string of the molecule is CCCC1(C)C(C)=NC(C)=C(C(=O)Nc2c(CC)cc(Br)cc2CC)C1Cl. The predicted octanol–water partition coefficient (Wildman–Crippen LogP) is 6.67. The number of rotatable bonds is 6. The summed E-state index contributed by atoms with van der Waals surface area (Å²) in [5.41, 5.74) is 5.14. The molecule has 0 spiro atoms. The maximum absolute atomic E-state index is 13.3. The van der Waals surface area contributed by atoms with Crippen LogP contribution in [0.3, 0.4) is 0 Å². The van der Waals surface area contributed by atoms with Crippen LogP contribution in [0.25, 0.3) is 0 Å². The van der Waals surface area contributed by atoms with E-state index in [-0.39, 0.29) is 16.7 Å². The van der Waals surface area contributed by atoms with Crippen LogP contribution in [0, 0.1) is 5.41 Å². The Balaban J connectivity index is 2.45. The van der Waals surface area contributed by atoms with E-state index < -0.39 is 0 Å². The van der Waals surface area contributed by atoms with Crippen molar-refractivity contribution < 1.29 is 4.79 Å². The number of aliphatic imine (C=N–C) groups is 1. The molecule has 3 nitrogen and oxygen atoms in total. The summed E-state index contributed by atoms with van der Waals surface area (Å²) in [7, 11) is 0. The van der Waals surface area contributed by atoms with Crippen LogP contribution in [0.4, 0.5) is 5.69 Å². The minimum atomic E-state index is -0.388. The Morgan fingerprint density at radius 1 is 1.22 bits per heavy atom. The van der Waals surface area contributed by atoms with Crippen LogP contribution >= 0.6 is 27.5 Å². The van der Waals surface area contributed by atoms with Crippen LogP contribution in [0.1, 0.15) is 65.5 Å². The molecule has 1 N–H and O–H groups in total. The molecule has 5 heteroatoms. The van der Waals surface area contributed by atoms with Crippen molar-refractivity contribution in [2.24, 2.45) is 10.4 Å². The smallest absolute Gasteiger partial charge is 0.254 e. The summed E-state index contributed by atoms with van der Waals surface area (Å²) >= 11 is 10.5. The number of carbonyl (C=O) groups is 1. The fourth-order valence-electron chi connectivity index (χ4n) is 3.86. The van der Waals surface area contributed by atoms with Gasteiger partial charge in [-0.15, -0.1) is 11.6 Å². The van der Waals surface area contributed by atoms with E-state index in [4.69, 9.17) is 16.6 Å². The second kappa shape index (κ2) is 8.91. The molecular weight excluding hydrogens is 424 g/mol. The van der Waals surface area contributed by atoms with E-state index in [2.05, 4.69) is 61.1 Å². The number of benzene rings is 1. The van der Waals surface area contributed by atoms with Gasteiger partial charge in [0.25, 0.3) is 5.91 Å². The lowest BCUT2D eigenvalue weighted by molar-refractivity contribution is -0.113. The van der Waals surface area contributed by atoms with Crippen molar-refractivity contribution in [3.8, 4) is 0 Å². The van der Waals surface area contributed by atoms with E-state index in [0.717, 1.165) is 52.7 Å². The summed E-state index contributed by atoms with van der Waals surface area (Å²) in [6.45, 7) is 12.3. The quantitative estimate of drug-likeness (QED) is 0.480. The number of nitrogens with one attached hydrogen (secondary N) is 1. The van der Waals surface area contributed by atoms with Gasteiger partial charge in [-0.05, 0) is 56.4 Å². The molecule has 0 aromatic heterocycles. The molecule has 1 amide bonds. The molecule has 148 valence electrons. The first-order valence-electron chi connectivity index (χ1n) is 9.72. The van der Waals surface area contributed by atoms with Crippen molar-refractivity contribution in [3.63, 3.8) is 0 Å². The third kappa shape index (κ3) is 4.32. The third-order valence-electron chi connectivity index (χ3n) is 5.65. The molecule has 0 aliphatic carbocycles. The van der Waals surface area contributed by atoms with Gasteiger partial charge in [0.05, 0.1) is 11.0 Å². The van der Waals surface area contributed by atoms with E-state index in [9.17, 15) is 4.79 Å². The molecule has 1 aromatic carbocycles. The Morgan fingerprint density at radius 2 is 1.78 bits per heavy atom. The minimum absolute atomic E-state index is 0.141. The van der Waals surface area contributed by atoms with E-state index in [0.29, 0.717) is 11.3 Å². The monoisotopic (exact) mass is 452 g/mol. The average Bonchev–Trinajstić information content (AvgIpc) is 2.61.